The van der Waals surface area contributed by atoms with Gasteiger partial charge in [0.2, 0.25) is 0 Å². The van der Waals surface area contributed by atoms with Gasteiger partial charge in [0, 0.05) is 84.2 Å². The molecule has 9 heterocycles. The van der Waals surface area contributed by atoms with Crippen LogP contribution >= 0.6 is 68.8 Å². The van der Waals surface area contributed by atoms with Gasteiger partial charge >= 0.3 is 0 Å². The Morgan fingerprint density at radius 3 is 1.31 bits per heavy atom. The second-order valence-electron chi connectivity index (χ2n) is 26.2. The summed E-state index contributed by atoms with van der Waals surface area (Å²) in [5.41, 5.74) is 8.31. The fourth-order valence-electron chi connectivity index (χ4n) is 14.5. The average Bonchev–Trinajstić information content (AvgIpc) is 2.84. The Morgan fingerprint density at radius 1 is 0.440 bits per heavy atom. The van der Waals surface area contributed by atoms with Crippen LogP contribution in [0.15, 0.2) is 48.8 Å². The van der Waals surface area contributed by atoms with Gasteiger partial charge in [0.15, 0.2) is 0 Å². The van der Waals surface area contributed by atoms with Gasteiger partial charge in [-0.1, -0.05) is 193 Å². The summed E-state index contributed by atoms with van der Waals surface area (Å²) in [6.45, 7) is 33.6. The first-order valence-corrected chi connectivity index (χ1v) is 40.6. The Bertz CT molecular complexity index is 3370. The van der Waals surface area contributed by atoms with Crippen LogP contribution in [-0.2, 0) is 21.7 Å². The summed E-state index contributed by atoms with van der Waals surface area (Å²) in [5, 5.41) is 3.36. The van der Waals surface area contributed by atoms with E-state index in [2.05, 4.69) is 146 Å². The molecule has 0 saturated carbocycles. The van der Waals surface area contributed by atoms with Crippen LogP contribution in [0.3, 0.4) is 0 Å². The van der Waals surface area contributed by atoms with Gasteiger partial charge in [-0.05, 0) is 123 Å². The Morgan fingerprint density at radius 2 is 0.869 bits per heavy atom. The summed E-state index contributed by atoms with van der Waals surface area (Å²) in [7, 11) is -2.40. The van der Waals surface area contributed by atoms with E-state index in [-0.39, 0.29) is 21.7 Å². The molecule has 0 N–H and O–H groups in total. The van der Waals surface area contributed by atoms with Crippen molar-refractivity contribution in [3.05, 3.63) is 79.7 Å². The van der Waals surface area contributed by atoms with Crippen molar-refractivity contribution in [1.29, 1.82) is 0 Å². The Hall–Kier alpha value is -3.04. The van der Waals surface area contributed by atoms with E-state index in [1.807, 2.05) is 45.3 Å². The lowest BCUT2D eigenvalue weighted by molar-refractivity contribution is 0.403. The van der Waals surface area contributed by atoms with E-state index in [0.29, 0.717) is 11.8 Å². The molecule has 0 radical (unpaired) electrons. The normalized spacial score (nSPS) is 17.4. The van der Waals surface area contributed by atoms with Crippen molar-refractivity contribution in [1.82, 2.24) is 27.5 Å². The summed E-state index contributed by atoms with van der Waals surface area (Å²) in [6, 6.07) is 17.7. The maximum Gasteiger partial charge on any atom is 0.127 e. The molecule has 0 bridgehead atoms. The lowest BCUT2D eigenvalue weighted by atomic mass is 9.76. The monoisotopic (exact) mass is 1260 g/mol. The summed E-state index contributed by atoms with van der Waals surface area (Å²) >= 11 is 10.8. The number of fused-ring (bicyclic) bond motifs is 5. The zero-order valence-corrected chi connectivity index (χ0v) is 60.0. The third-order valence-corrected chi connectivity index (χ3v) is 33.8. The van der Waals surface area contributed by atoms with Crippen molar-refractivity contribution in [3.8, 4) is 30.6 Å². The molecule has 5 unspecified atom stereocenters. The van der Waals surface area contributed by atoms with E-state index in [9.17, 15) is 0 Å². The van der Waals surface area contributed by atoms with Gasteiger partial charge in [-0.15, -0.1) is 45.3 Å². The summed E-state index contributed by atoms with van der Waals surface area (Å²) in [6.07, 6.45) is 32.6. The molecule has 1 aliphatic heterocycles. The number of rotatable bonds is 35. The highest BCUT2D eigenvalue weighted by molar-refractivity contribution is 7.31. The van der Waals surface area contributed by atoms with Crippen molar-refractivity contribution < 1.29 is 0 Å². The molecule has 8 aromatic heterocycles. The number of pyridine rings is 2. The molecule has 8 aromatic rings. The van der Waals surface area contributed by atoms with Gasteiger partial charge in [0.1, 0.15) is 30.1 Å². The number of aromatic nitrogens is 6. The van der Waals surface area contributed by atoms with Gasteiger partial charge in [0.05, 0.1) is 34.8 Å². The lowest BCUT2D eigenvalue weighted by Crippen LogP contribution is -2.56. The highest BCUT2D eigenvalue weighted by atomic mass is 32.1. The molecule has 0 aromatic carbocycles. The fourth-order valence-corrected chi connectivity index (χ4v) is 29.1. The smallest absolute Gasteiger partial charge is 0.127 e. The van der Waals surface area contributed by atoms with E-state index < -0.39 is 8.07 Å². The quantitative estimate of drug-likeness (QED) is 0.0291. The van der Waals surface area contributed by atoms with Gasteiger partial charge in [-0.25, -0.2) is 0 Å². The van der Waals surface area contributed by atoms with E-state index in [1.54, 1.807) is 10.4 Å². The highest BCUT2D eigenvalue weighted by Gasteiger charge is 2.51. The molecule has 0 fully saturated rings. The minimum absolute atomic E-state index is 0.183. The zero-order valence-electron chi connectivity index (χ0n) is 54.1. The Labute approximate surface area is 533 Å². The molecule has 456 valence electrons. The van der Waals surface area contributed by atoms with E-state index >= 15 is 0 Å². The predicted molar refractivity (Wildman–Crippen MR) is 377 cm³/mol. The third-order valence-electron chi connectivity index (χ3n) is 21.2. The Balaban J connectivity index is 1.16. The van der Waals surface area contributed by atoms with Crippen molar-refractivity contribution in [2.45, 2.75) is 278 Å². The number of thiophene rings is 4. The molecular formula is C71H102N6S6Si. The SMILES string of the molecule is CCCCCCC(C)(CC)c1ccc(C(C)(CC)c2ncc(-c3cc4c(s3)-c3sc(-c5cnc(C(CC)(CC)c6ccc(C(C)(CC)CCCCCC)s6)c6nsnc56)cc3[Si]4(CC(CC)CCCC)CC(CC)CCCC)c3nsnc23)s1. The molecular weight excluding hydrogens is 1160 g/mol. The second kappa shape index (κ2) is 28.6. The first kappa shape index (κ1) is 65.4. The van der Waals surface area contributed by atoms with Crippen molar-refractivity contribution in [2.75, 3.05) is 0 Å². The first-order chi connectivity index (χ1) is 40.7. The molecule has 13 heteroatoms. The van der Waals surface area contributed by atoms with Gasteiger partial charge < -0.3 is 0 Å². The zero-order chi connectivity index (χ0) is 59.9. The number of unbranched alkanes of at least 4 members (excludes halogenated alkanes) is 8. The number of nitrogens with zero attached hydrogens (tertiary/aromatic N) is 6. The van der Waals surface area contributed by atoms with Crippen LogP contribution in [0.5, 0.6) is 0 Å². The fraction of sp³-hybridized carbons (Fsp3) is 0.634. The van der Waals surface area contributed by atoms with Gasteiger partial charge in [-0.2, -0.15) is 17.5 Å². The predicted octanol–water partition coefficient (Wildman–Crippen LogP) is 23.1. The molecule has 0 aliphatic carbocycles. The minimum Gasteiger partial charge on any atom is -0.257 e. The van der Waals surface area contributed by atoms with E-state index in [1.165, 1.54) is 190 Å². The highest BCUT2D eigenvalue weighted by Crippen LogP contribution is 2.53. The lowest BCUT2D eigenvalue weighted by Gasteiger charge is -2.35. The topological polar surface area (TPSA) is 77.3 Å². The largest absolute Gasteiger partial charge is 0.257 e. The molecule has 1 aliphatic rings. The van der Waals surface area contributed by atoms with Crippen molar-refractivity contribution in [2.24, 2.45) is 11.8 Å². The number of hydrogen-bond acceptors (Lipinski definition) is 12. The van der Waals surface area contributed by atoms with Crippen LogP contribution in [-0.4, -0.2) is 35.5 Å². The van der Waals surface area contributed by atoms with Crippen LogP contribution in [0.1, 0.15) is 276 Å². The maximum atomic E-state index is 5.62. The average molecular weight is 1260 g/mol. The van der Waals surface area contributed by atoms with Crippen LogP contribution < -0.4 is 10.4 Å². The third kappa shape index (κ3) is 12.5. The second-order valence-corrected chi connectivity index (χ2v) is 35.6. The summed E-state index contributed by atoms with van der Waals surface area (Å²) in [4.78, 5) is 22.6. The maximum absolute atomic E-state index is 5.62. The van der Waals surface area contributed by atoms with Crippen LogP contribution in [0, 0.1) is 11.8 Å². The standard InChI is InChI=1S/C71H102N6S6Si/c1-15-26-30-32-40-68(12,21-7)56-36-38-58(80-56)70(14,23-9)66-62-60(74-82-76-62)50(44-72-66)52-42-54-64(78-52)65-55(84(54,46-48(19-5)34-28-17-3)47-49(20-6)35-29-18-4)43-53(79-65)51-45-73-67(63-61(51)75-83-77-63)71(24-10,25-11)59-39-37-57(81-59)69(13,22-8)41-33-31-27-16-2/h36-39,42-45,48-49H,15-35,40-41,46-47H2,1-14H3. The van der Waals surface area contributed by atoms with E-state index in [4.69, 9.17) is 27.5 Å². The molecule has 9 rings (SSSR count). The number of hydrogen-bond donors (Lipinski definition) is 0. The van der Waals surface area contributed by atoms with Gasteiger partial charge in [-0.3, -0.25) is 9.97 Å². The first-order valence-electron chi connectivity index (χ1n) is 33.4. The van der Waals surface area contributed by atoms with Gasteiger partial charge in [0.25, 0.3) is 0 Å². The molecule has 0 saturated heterocycles. The van der Waals surface area contributed by atoms with Crippen molar-refractivity contribution in [3.63, 3.8) is 0 Å². The summed E-state index contributed by atoms with van der Waals surface area (Å²) in [5.74, 6) is 1.37. The molecule has 84 heavy (non-hydrogen) atoms. The van der Waals surface area contributed by atoms with Crippen LogP contribution in [0.2, 0.25) is 12.1 Å². The van der Waals surface area contributed by atoms with Crippen LogP contribution in [0.4, 0.5) is 0 Å². The molecule has 6 nitrogen and oxygen atoms in total. The van der Waals surface area contributed by atoms with E-state index in [0.717, 1.165) is 76.7 Å². The van der Waals surface area contributed by atoms with Crippen LogP contribution in [0.25, 0.3) is 52.7 Å². The minimum atomic E-state index is -2.40. The summed E-state index contributed by atoms with van der Waals surface area (Å²) < 4.78 is 20.8. The molecule has 0 spiro atoms. The van der Waals surface area contributed by atoms with Crippen molar-refractivity contribution >= 4 is 109 Å². The molecule has 0 amide bonds. The Kier molecular flexibility index (Phi) is 22.3. The molecule has 5 atom stereocenters.